The van der Waals surface area contributed by atoms with E-state index in [1.807, 2.05) is 13.0 Å². The number of carbonyl (C=O) groups is 1. The highest BCUT2D eigenvalue weighted by atomic mass is 79.9. The largest absolute Gasteiger partial charge is 0.503 e. The quantitative estimate of drug-likeness (QED) is 0.508. The van der Waals surface area contributed by atoms with Gasteiger partial charge in [0.2, 0.25) is 0 Å². The average Bonchev–Trinajstić information content (AvgIpc) is 2.60. The van der Waals surface area contributed by atoms with Gasteiger partial charge in [-0.2, -0.15) is 5.26 Å². The lowest BCUT2D eigenvalue weighted by Gasteiger charge is -2.10. The highest BCUT2D eigenvalue weighted by Crippen LogP contribution is 2.36. The Hall–Kier alpha value is -2.49. The van der Waals surface area contributed by atoms with Crippen LogP contribution in [0.2, 0.25) is 5.02 Å². The second-order valence-corrected chi connectivity index (χ2v) is 6.66. The Bertz CT molecular complexity index is 920. The summed E-state index contributed by atoms with van der Waals surface area (Å²) >= 11 is 9.18. The van der Waals surface area contributed by atoms with Crippen LogP contribution < -0.4 is 10.1 Å². The highest BCUT2D eigenvalue weighted by molar-refractivity contribution is 9.10. The number of nitrogens with zero attached hydrogens (tertiary/aromatic N) is 1. The van der Waals surface area contributed by atoms with Crippen LogP contribution in [0.4, 0.5) is 5.69 Å². The first-order valence-electron chi connectivity index (χ1n) is 7.70. The zero-order valence-corrected chi connectivity index (χ0v) is 16.5. The van der Waals surface area contributed by atoms with E-state index in [-0.39, 0.29) is 17.1 Å². The zero-order valence-electron chi connectivity index (χ0n) is 14.1. The molecule has 0 saturated heterocycles. The van der Waals surface area contributed by atoms with E-state index in [0.717, 1.165) is 5.56 Å². The number of aromatic hydroxyl groups is 1. The van der Waals surface area contributed by atoms with Crippen molar-refractivity contribution in [2.24, 2.45) is 0 Å². The Labute approximate surface area is 165 Å². The second kappa shape index (κ2) is 8.75. The first kappa shape index (κ1) is 19.8. The summed E-state index contributed by atoms with van der Waals surface area (Å²) in [5, 5.41) is 22.5. The van der Waals surface area contributed by atoms with Crippen molar-refractivity contribution < 1.29 is 14.6 Å². The van der Waals surface area contributed by atoms with Gasteiger partial charge in [0.15, 0.2) is 11.5 Å². The molecule has 2 aromatic rings. The predicted molar refractivity (Wildman–Crippen MR) is 105 cm³/mol. The summed E-state index contributed by atoms with van der Waals surface area (Å²) in [5.41, 5.74) is 1.80. The molecule has 7 heteroatoms. The van der Waals surface area contributed by atoms with Crippen LogP contribution in [-0.4, -0.2) is 17.6 Å². The number of anilines is 1. The maximum atomic E-state index is 12.4. The van der Waals surface area contributed by atoms with Crippen molar-refractivity contribution in [3.05, 3.63) is 56.5 Å². The predicted octanol–water partition coefficient (Wildman–Crippen LogP) is 5.06. The molecule has 2 N–H and O–H groups in total. The van der Waals surface area contributed by atoms with Gasteiger partial charge in [-0.25, -0.2) is 0 Å². The van der Waals surface area contributed by atoms with Gasteiger partial charge in [-0.05, 0) is 71.2 Å². The molecule has 0 bridgehead atoms. The molecule has 134 valence electrons. The van der Waals surface area contributed by atoms with Crippen molar-refractivity contribution in [3.63, 3.8) is 0 Å². The molecule has 0 aromatic heterocycles. The van der Waals surface area contributed by atoms with E-state index >= 15 is 0 Å². The van der Waals surface area contributed by atoms with Crippen LogP contribution in [0.25, 0.3) is 6.08 Å². The van der Waals surface area contributed by atoms with E-state index in [0.29, 0.717) is 27.4 Å². The smallest absolute Gasteiger partial charge is 0.266 e. The van der Waals surface area contributed by atoms with E-state index in [1.54, 1.807) is 37.3 Å². The lowest BCUT2D eigenvalue weighted by molar-refractivity contribution is -0.112. The normalized spacial score (nSPS) is 11.0. The molecule has 0 aliphatic rings. The molecule has 2 rings (SSSR count). The Balaban J connectivity index is 2.34. The van der Waals surface area contributed by atoms with Crippen LogP contribution in [0.15, 0.2) is 40.4 Å². The summed E-state index contributed by atoms with van der Waals surface area (Å²) in [6.07, 6.45) is 1.42. The lowest BCUT2D eigenvalue weighted by Crippen LogP contribution is -2.14. The SMILES string of the molecule is CCOc1cc(/C=C(\C#N)C(=O)Nc2cc(Cl)ccc2C)cc(Br)c1O. The number of amides is 1. The molecule has 0 atom stereocenters. The molecule has 0 aliphatic heterocycles. The second-order valence-electron chi connectivity index (χ2n) is 5.37. The summed E-state index contributed by atoms with van der Waals surface area (Å²) in [6.45, 7) is 3.98. The molecular weight excluding hydrogens is 420 g/mol. The topological polar surface area (TPSA) is 82.3 Å². The summed E-state index contributed by atoms with van der Waals surface area (Å²) in [4.78, 5) is 12.4. The number of nitriles is 1. The molecule has 1 amide bonds. The molecule has 0 aliphatic carbocycles. The number of aryl methyl sites for hydroxylation is 1. The van der Waals surface area contributed by atoms with Gasteiger partial charge in [-0.15, -0.1) is 0 Å². The molecule has 0 heterocycles. The molecule has 0 saturated carbocycles. The number of phenolic OH excluding ortho intramolecular Hbond substituents is 1. The minimum atomic E-state index is -0.556. The number of nitrogens with one attached hydrogen (secondary N) is 1. The van der Waals surface area contributed by atoms with Gasteiger partial charge < -0.3 is 15.2 Å². The van der Waals surface area contributed by atoms with Gasteiger partial charge in [0.25, 0.3) is 5.91 Å². The maximum absolute atomic E-state index is 12.4. The first-order valence-corrected chi connectivity index (χ1v) is 8.87. The first-order chi connectivity index (χ1) is 12.3. The fourth-order valence-electron chi connectivity index (χ4n) is 2.18. The maximum Gasteiger partial charge on any atom is 0.266 e. The van der Waals surface area contributed by atoms with Crippen molar-refractivity contribution in [2.45, 2.75) is 13.8 Å². The van der Waals surface area contributed by atoms with Crippen LogP contribution >= 0.6 is 27.5 Å². The number of rotatable bonds is 5. The van der Waals surface area contributed by atoms with E-state index in [1.165, 1.54) is 6.08 Å². The van der Waals surface area contributed by atoms with E-state index < -0.39 is 5.91 Å². The fourth-order valence-corrected chi connectivity index (χ4v) is 2.81. The molecule has 0 radical (unpaired) electrons. The van der Waals surface area contributed by atoms with Crippen LogP contribution in [-0.2, 0) is 4.79 Å². The van der Waals surface area contributed by atoms with Crippen LogP contribution in [0.5, 0.6) is 11.5 Å². The third kappa shape index (κ3) is 4.78. The summed E-state index contributed by atoms with van der Waals surface area (Å²) in [6, 6.07) is 10.1. The Kier molecular flexibility index (Phi) is 6.67. The summed E-state index contributed by atoms with van der Waals surface area (Å²) < 4.78 is 5.75. The van der Waals surface area contributed by atoms with Crippen LogP contribution in [0.3, 0.4) is 0 Å². The Morgan fingerprint density at radius 1 is 1.42 bits per heavy atom. The van der Waals surface area contributed by atoms with Crippen LogP contribution in [0.1, 0.15) is 18.1 Å². The minimum Gasteiger partial charge on any atom is -0.503 e. The van der Waals surface area contributed by atoms with E-state index in [4.69, 9.17) is 16.3 Å². The number of ether oxygens (including phenoxy) is 1. The van der Waals surface area contributed by atoms with E-state index in [2.05, 4.69) is 21.2 Å². The molecule has 5 nitrogen and oxygen atoms in total. The number of benzene rings is 2. The van der Waals surface area contributed by atoms with Gasteiger partial charge >= 0.3 is 0 Å². The Morgan fingerprint density at radius 2 is 2.15 bits per heavy atom. The third-order valence-corrected chi connectivity index (χ3v) is 4.31. The molecule has 0 unspecified atom stereocenters. The molecule has 0 fully saturated rings. The van der Waals surface area contributed by atoms with Crippen molar-refractivity contribution >= 4 is 45.2 Å². The number of carbonyl (C=O) groups excluding carboxylic acids is 1. The number of phenols is 1. The van der Waals surface area contributed by atoms with Crippen LogP contribution in [0, 0.1) is 18.3 Å². The average molecular weight is 436 g/mol. The van der Waals surface area contributed by atoms with Gasteiger partial charge in [0.05, 0.1) is 11.1 Å². The van der Waals surface area contributed by atoms with E-state index in [9.17, 15) is 15.2 Å². The third-order valence-electron chi connectivity index (χ3n) is 3.47. The molecular formula is C19H16BrClN2O3. The summed E-state index contributed by atoms with van der Waals surface area (Å²) in [5.74, 6) is -0.335. The van der Waals surface area contributed by atoms with Crippen molar-refractivity contribution in [3.8, 4) is 17.6 Å². The monoisotopic (exact) mass is 434 g/mol. The number of halogens is 2. The van der Waals surface area contributed by atoms with Crippen molar-refractivity contribution in [1.82, 2.24) is 0 Å². The van der Waals surface area contributed by atoms with Crippen molar-refractivity contribution in [1.29, 1.82) is 5.26 Å². The summed E-state index contributed by atoms with van der Waals surface area (Å²) in [7, 11) is 0. The minimum absolute atomic E-state index is 0.0403. The van der Waals surface area contributed by atoms with Gasteiger partial charge in [0.1, 0.15) is 11.6 Å². The number of hydrogen-bond acceptors (Lipinski definition) is 4. The van der Waals surface area contributed by atoms with Gasteiger partial charge in [0, 0.05) is 10.7 Å². The fraction of sp³-hybridized carbons (Fsp3) is 0.158. The van der Waals surface area contributed by atoms with Crippen molar-refractivity contribution in [2.75, 3.05) is 11.9 Å². The lowest BCUT2D eigenvalue weighted by atomic mass is 10.1. The molecule has 2 aromatic carbocycles. The molecule has 26 heavy (non-hydrogen) atoms. The highest BCUT2D eigenvalue weighted by Gasteiger charge is 2.13. The zero-order chi connectivity index (χ0) is 19.3. The van der Waals surface area contributed by atoms with Gasteiger partial charge in [-0.3, -0.25) is 4.79 Å². The Morgan fingerprint density at radius 3 is 2.81 bits per heavy atom. The molecule has 0 spiro atoms. The van der Waals surface area contributed by atoms with Gasteiger partial charge in [-0.1, -0.05) is 17.7 Å². The standard InChI is InChI=1S/C19H16BrClN2O3/c1-3-26-17-8-12(7-15(20)18(17)24)6-13(10-22)19(25)23-16-9-14(21)5-4-11(16)2/h4-9,24H,3H2,1-2H3,(H,23,25)/b13-6+. The number of hydrogen-bond donors (Lipinski definition) is 2.